The van der Waals surface area contributed by atoms with Gasteiger partial charge in [0.25, 0.3) is 6.29 Å². The van der Waals surface area contributed by atoms with E-state index in [2.05, 4.69) is 0 Å². The zero-order chi connectivity index (χ0) is 23.4. The molecule has 168 valence electrons. The van der Waals surface area contributed by atoms with Crippen LogP contribution >= 0.6 is 0 Å². The van der Waals surface area contributed by atoms with Crippen molar-refractivity contribution in [3.05, 3.63) is 0 Å². The van der Waals surface area contributed by atoms with Crippen LogP contribution in [0, 0.1) is 0 Å². The lowest BCUT2D eigenvalue weighted by molar-refractivity contribution is -0.275. The standard InChI is InChI=1S/2C3H5F3O.C2H3F3O2.C2HF3O/c2*1-2(7)3(4,5)6;3-2(4,5)1(6)7;3-2(4,5)1-6/h2*2,7H,1H3;1,6-7H;1H. The first-order valence-electron chi connectivity index (χ1n) is 5.85. The summed E-state index contributed by atoms with van der Waals surface area (Å²) >= 11 is 0. The van der Waals surface area contributed by atoms with E-state index in [4.69, 9.17) is 25.2 Å². The Bertz CT molecular complexity index is 324. The summed E-state index contributed by atoms with van der Waals surface area (Å²) in [5.41, 5.74) is 0. The molecule has 0 saturated heterocycles. The molecule has 0 rings (SSSR count). The van der Waals surface area contributed by atoms with E-state index in [1.165, 1.54) is 0 Å². The zero-order valence-electron chi connectivity index (χ0n) is 13.0. The highest BCUT2D eigenvalue weighted by Crippen LogP contribution is 2.19. The number of aldehydes is 1. The summed E-state index contributed by atoms with van der Waals surface area (Å²) in [6, 6.07) is 0. The molecule has 0 aliphatic heterocycles. The number of halogens is 12. The SMILES string of the molecule is CC(O)C(F)(F)F.CC(O)C(F)(F)F.O=CC(F)(F)F.OC(O)C(F)(F)F. The molecule has 2 unspecified atom stereocenters. The van der Waals surface area contributed by atoms with Gasteiger partial charge in [-0.2, -0.15) is 52.7 Å². The van der Waals surface area contributed by atoms with Crippen LogP contribution in [0.25, 0.3) is 0 Å². The minimum atomic E-state index is -4.89. The molecule has 5 nitrogen and oxygen atoms in total. The molecule has 0 aromatic heterocycles. The number of carbonyl (C=O) groups excluding carboxylic acids is 1. The summed E-state index contributed by atoms with van der Waals surface area (Å²) in [5.74, 6) is 0. The normalized spacial score (nSPS) is 14.5. The van der Waals surface area contributed by atoms with Crippen LogP contribution in [0.5, 0.6) is 0 Å². The first-order valence-corrected chi connectivity index (χ1v) is 5.85. The first kappa shape index (κ1) is 33.3. The van der Waals surface area contributed by atoms with Crippen LogP contribution in [0.15, 0.2) is 0 Å². The van der Waals surface area contributed by atoms with Gasteiger partial charge in [-0.1, -0.05) is 0 Å². The maximum atomic E-state index is 10.9. The molecule has 0 amide bonds. The van der Waals surface area contributed by atoms with Crippen molar-refractivity contribution in [1.82, 2.24) is 0 Å². The van der Waals surface area contributed by atoms with E-state index in [1.807, 2.05) is 0 Å². The molecular weight excluding hydrogens is 428 g/mol. The van der Waals surface area contributed by atoms with Crippen LogP contribution in [-0.4, -0.2) is 69.9 Å². The third kappa shape index (κ3) is 32.8. The molecule has 17 heteroatoms. The monoisotopic (exact) mass is 442 g/mol. The average Bonchev–Trinajstić information content (AvgIpc) is 2.36. The molecule has 0 bridgehead atoms. The van der Waals surface area contributed by atoms with Gasteiger partial charge in [0.05, 0.1) is 0 Å². The smallest absolute Gasteiger partial charge is 0.384 e. The number of aliphatic hydroxyl groups is 4. The van der Waals surface area contributed by atoms with Crippen molar-refractivity contribution in [1.29, 1.82) is 0 Å². The summed E-state index contributed by atoms with van der Waals surface area (Å²) < 4.78 is 129. The topological polar surface area (TPSA) is 98.0 Å². The minimum Gasteiger partial charge on any atom is -0.384 e. The second-order valence-corrected chi connectivity index (χ2v) is 4.01. The summed E-state index contributed by atoms with van der Waals surface area (Å²) in [4.78, 5) is 8.70. The average molecular weight is 442 g/mol. The van der Waals surface area contributed by atoms with Crippen molar-refractivity contribution in [2.24, 2.45) is 0 Å². The molecule has 0 aromatic carbocycles. The Labute approximate surface area is 142 Å². The summed E-state index contributed by atoms with van der Waals surface area (Å²) in [6.45, 7) is 1.36. The minimum absolute atomic E-state index is 0.681. The number of hydrogen-bond donors (Lipinski definition) is 4. The highest BCUT2D eigenvalue weighted by atomic mass is 19.4. The molecule has 27 heavy (non-hydrogen) atoms. The maximum absolute atomic E-state index is 10.9. The van der Waals surface area contributed by atoms with E-state index in [0.717, 1.165) is 0 Å². The van der Waals surface area contributed by atoms with E-state index >= 15 is 0 Å². The molecule has 0 aromatic rings. The molecule has 0 saturated carbocycles. The van der Waals surface area contributed by atoms with Gasteiger partial charge in [-0.15, -0.1) is 0 Å². The molecule has 0 radical (unpaired) electrons. The van der Waals surface area contributed by atoms with Gasteiger partial charge in [0.2, 0.25) is 6.29 Å². The van der Waals surface area contributed by atoms with E-state index < -0.39 is 49.5 Å². The molecule has 0 spiro atoms. The maximum Gasteiger partial charge on any atom is 0.446 e. The Balaban J connectivity index is -0.000000131. The third-order valence-corrected chi connectivity index (χ3v) is 1.37. The lowest BCUT2D eigenvalue weighted by Crippen LogP contribution is -2.27. The predicted octanol–water partition coefficient (Wildman–Crippen LogP) is 2.47. The summed E-state index contributed by atoms with van der Waals surface area (Å²) in [7, 11) is 0. The van der Waals surface area contributed by atoms with Crippen LogP contribution in [0.2, 0.25) is 0 Å². The summed E-state index contributed by atoms with van der Waals surface area (Å²) in [5, 5.41) is 30.2. The van der Waals surface area contributed by atoms with Crippen molar-refractivity contribution < 1.29 is 77.9 Å². The second-order valence-electron chi connectivity index (χ2n) is 4.01. The van der Waals surface area contributed by atoms with Gasteiger partial charge in [-0.3, -0.25) is 4.79 Å². The molecule has 2 atom stereocenters. The number of hydrogen-bond acceptors (Lipinski definition) is 5. The molecule has 4 N–H and O–H groups in total. The van der Waals surface area contributed by atoms with E-state index in [1.54, 1.807) is 0 Å². The third-order valence-electron chi connectivity index (χ3n) is 1.37. The molecule has 0 fully saturated rings. The molecular formula is C10H14F12O5. The van der Waals surface area contributed by atoms with Gasteiger partial charge in [0.1, 0.15) is 12.2 Å². The number of alkyl halides is 12. The highest BCUT2D eigenvalue weighted by Gasteiger charge is 2.36. The van der Waals surface area contributed by atoms with Gasteiger partial charge in [-0.05, 0) is 13.8 Å². The van der Waals surface area contributed by atoms with E-state index in [9.17, 15) is 52.7 Å². The summed E-state index contributed by atoms with van der Waals surface area (Å²) in [6.07, 6.45) is -27.1. The van der Waals surface area contributed by atoms with Crippen LogP contribution < -0.4 is 0 Å². The Morgan fingerprint density at radius 1 is 0.593 bits per heavy atom. The van der Waals surface area contributed by atoms with Gasteiger partial charge in [-0.25, -0.2) is 0 Å². The predicted molar refractivity (Wildman–Crippen MR) is 61.9 cm³/mol. The largest absolute Gasteiger partial charge is 0.446 e. The van der Waals surface area contributed by atoms with Crippen LogP contribution in [0.3, 0.4) is 0 Å². The van der Waals surface area contributed by atoms with Gasteiger partial charge in [0, 0.05) is 0 Å². The molecule has 0 heterocycles. The van der Waals surface area contributed by atoms with Crippen LogP contribution in [0.4, 0.5) is 52.7 Å². The molecule has 0 aliphatic carbocycles. The Hall–Kier alpha value is -1.33. The number of aliphatic hydroxyl groups excluding tert-OH is 3. The zero-order valence-corrected chi connectivity index (χ0v) is 13.0. The lowest BCUT2D eigenvalue weighted by Gasteiger charge is -2.06. The number of rotatable bonds is 0. The van der Waals surface area contributed by atoms with Crippen LogP contribution in [-0.2, 0) is 4.79 Å². The second kappa shape index (κ2) is 12.9. The fourth-order valence-corrected chi connectivity index (χ4v) is 0. The fourth-order valence-electron chi connectivity index (χ4n) is 0. The Morgan fingerprint density at radius 2 is 0.704 bits per heavy atom. The van der Waals surface area contributed by atoms with Gasteiger partial charge >= 0.3 is 24.7 Å². The quantitative estimate of drug-likeness (QED) is 0.263. The number of carbonyl (C=O) groups is 1. The van der Waals surface area contributed by atoms with Crippen molar-refractivity contribution in [3.63, 3.8) is 0 Å². The van der Waals surface area contributed by atoms with Crippen molar-refractivity contribution in [2.75, 3.05) is 0 Å². The van der Waals surface area contributed by atoms with Gasteiger partial charge in [0.15, 0.2) is 0 Å². The van der Waals surface area contributed by atoms with E-state index in [0.29, 0.717) is 13.8 Å². The van der Waals surface area contributed by atoms with E-state index in [-0.39, 0.29) is 0 Å². The van der Waals surface area contributed by atoms with Crippen molar-refractivity contribution in [2.45, 2.75) is 57.1 Å². The lowest BCUT2D eigenvalue weighted by atomic mass is 10.4. The molecule has 0 aliphatic rings. The fraction of sp³-hybridized carbons (Fsp3) is 0.900. The highest BCUT2D eigenvalue weighted by molar-refractivity contribution is 5.56. The van der Waals surface area contributed by atoms with Crippen molar-refractivity contribution >= 4 is 6.29 Å². The van der Waals surface area contributed by atoms with Crippen molar-refractivity contribution in [3.8, 4) is 0 Å². The first-order chi connectivity index (χ1) is 11.4. The Morgan fingerprint density at radius 3 is 0.704 bits per heavy atom. The van der Waals surface area contributed by atoms with Crippen LogP contribution in [0.1, 0.15) is 13.8 Å². The Kier molecular flexibility index (Phi) is 16.0. The van der Waals surface area contributed by atoms with Gasteiger partial charge < -0.3 is 20.4 Å².